The van der Waals surface area contributed by atoms with Crippen molar-refractivity contribution in [3.63, 3.8) is 0 Å². The summed E-state index contributed by atoms with van der Waals surface area (Å²) < 4.78 is 29.2. The second kappa shape index (κ2) is 7.84. The normalized spacial score (nSPS) is 19.5. The first kappa shape index (κ1) is 19.8. The van der Waals surface area contributed by atoms with Gasteiger partial charge in [0, 0.05) is 23.8 Å². The summed E-state index contributed by atoms with van der Waals surface area (Å²) in [6, 6.07) is 6.17. The molecule has 4 heterocycles. The van der Waals surface area contributed by atoms with Gasteiger partial charge < -0.3 is 15.6 Å². The Hall–Kier alpha value is -3.14. The fourth-order valence-electron chi connectivity index (χ4n) is 4.25. The first-order chi connectivity index (χ1) is 15.0. The molecule has 0 spiro atoms. The molecule has 0 saturated heterocycles. The Morgan fingerprint density at radius 1 is 1.16 bits per heavy atom. The van der Waals surface area contributed by atoms with E-state index in [0.29, 0.717) is 40.7 Å². The van der Waals surface area contributed by atoms with Crippen molar-refractivity contribution in [2.24, 2.45) is 5.73 Å². The van der Waals surface area contributed by atoms with Crippen molar-refractivity contribution in [2.45, 2.75) is 57.7 Å². The van der Waals surface area contributed by atoms with Crippen LogP contribution in [0.25, 0.3) is 27.9 Å². The standard InChI is InChI=1S/C21H24F2N8/c1-12-26-17-7-6-16(28-20(17)30(12)11-19(22)23)15-8-9-31-18(15)10-25-21(29-31)27-14-4-2-13(24)3-5-14/h6-10,13-14,19H,2-5,11,24H2,1H3,(H,27,29). The third kappa shape index (κ3) is 3.83. The number of nitrogens with zero attached hydrogens (tertiary/aromatic N) is 6. The topological polar surface area (TPSA) is 98.9 Å². The van der Waals surface area contributed by atoms with Crippen molar-refractivity contribution in [1.82, 2.24) is 29.1 Å². The van der Waals surface area contributed by atoms with Crippen molar-refractivity contribution in [3.05, 3.63) is 36.4 Å². The van der Waals surface area contributed by atoms with E-state index in [0.717, 1.165) is 36.8 Å². The molecule has 3 N–H and O–H groups in total. The number of pyridine rings is 1. The van der Waals surface area contributed by atoms with Crippen LogP contribution in [0.4, 0.5) is 14.7 Å². The number of imidazole rings is 1. The van der Waals surface area contributed by atoms with Gasteiger partial charge in [-0.25, -0.2) is 28.2 Å². The largest absolute Gasteiger partial charge is 0.350 e. The van der Waals surface area contributed by atoms with Crippen molar-refractivity contribution >= 4 is 22.6 Å². The molecule has 0 bridgehead atoms. The minimum Gasteiger partial charge on any atom is -0.350 e. The van der Waals surface area contributed by atoms with Crippen LogP contribution in [0.15, 0.2) is 30.6 Å². The number of nitrogens with two attached hydrogens (primary N) is 1. The highest BCUT2D eigenvalue weighted by Crippen LogP contribution is 2.27. The lowest BCUT2D eigenvalue weighted by atomic mass is 9.92. The number of aromatic nitrogens is 6. The second-order valence-corrected chi connectivity index (χ2v) is 8.10. The molecule has 4 aromatic rings. The highest BCUT2D eigenvalue weighted by Gasteiger charge is 2.20. The monoisotopic (exact) mass is 426 g/mol. The molecular formula is C21H24F2N8. The third-order valence-electron chi connectivity index (χ3n) is 5.90. The Labute approximate surface area is 177 Å². The Kier molecular flexibility index (Phi) is 5.01. The third-order valence-corrected chi connectivity index (χ3v) is 5.90. The van der Waals surface area contributed by atoms with Gasteiger partial charge in [-0.3, -0.25) is 0 Å². The molecule has 0 radical (unpaired) electrons. The maximum Gasteiger partial charge on any atom is 0.256 e. The number of anilines is 1. The Morgan fingerprint density at radius 3 is 2.74 bits per heavy atom. The van der Waals surface area contributed by atoms with Crippen LogP contribution in [0.5, 0.6) is 0 Å². The lowest BCUT2D eigenvalue weighted by molar-refractivity contribution is 0.127. The van der Waals surface area contributed by atoms with Gasteiger partial charge in [0.15, 0.2) is 5.65 Å². The van der Waals surface area contributed by atoms with E-state index in [9.17, 15) is 8.78 Å². The van der Waals surface area contributed by atoms with Crippen LogP contribution in [-0.2, 0) is 6.54 Å². The average molecular weight is 426 g/mol. The highest BCUT2D eigenvalue weighted by molar-refractivity contribution is 5.82. The van der Waals surface area contributed by atoms with E-state index in [-0.39, 0.29) is 0 Å². The van der Waals surface area contributed by atoms with Gasteiger partial charge in [-0.1, -0.05) is 0 Å². The molecule has 0 unspecified atom stereocenters. The van der Waals surface area contributed by atoms with Crippen LogP contribution in [-0.4, -0.2) is 47.6 Å². The van der Waals surface area contributed by atoms with E-state index >= 15 is 0 Å². The van der Waals surface area contributed by atoms with Gasteiger partial charge >= 0.3 is 0 Å². The van der Waals surface area contributed by atoms with E-state index in [4.69, 9.17) is 5.73 Å². The Bertz CT molecular complexity index is 1220. The van der Waals surface area contributed by atoms with Crippen LogP contribution < -0.4 is 11.1 Å². The zero-order chi connectivity index (χ0) is 21.5. The maximum absolute atomic E-state index is 13.0. The molecule has 31 heavy (non-hydrogen) atoms. The molecule has 1 fully saturated rings. The minimum atomic E-state index is -2.48. The number of hydrogen-bond acceptors (Lipinski definition) is 6. The summed E-state index contributed by atoms with van der Waals surface area (Å²) >= 11 is 0. The summed E-state index contributed by atoms with van der Waals surface area (Å²) in [6.07, 6.45) is 5.15. The summed E-state index contributed by atoms with van der Waals surface area (Å²) in [7, 11) is 0. The van der Waals surface area contributed by atoms with Crippen LogP contribution in [0.1, 0.15) is 31.5 Å². The zero-order valence-corrected chi connectivity index (χ0v) is 17.2. The molecule has 5 rings (SSSR count). The molecule has 162 valence electrons. The average Bonchev–Trinajstić information content (AvgIpc) is 3.30. The first-order valence-electron chi connectivity index (χ1n) is 10.5. The number of aryl methyl sites for hydroxylation is 1. The van der Waals surface area contributed by atoms with Crippen molar-refractivity contribution in [1.29, 1.82) is 0 Å². The number of alkyl halides is 2. The summed E-state index contributed by atoms with van der Waals surface area (Å²) in [5.74, 6) is 1.09. The molecular weight excluding hydrogens is 402 g/mol. The molecule has 0 atom stereocenters. The lowest BCUT2D eigenvalue weighted by Crippen LogP contribution is -2.33. The van der Waals surface area contributed by atoms with E-state index in [1.807, 2.05) is 18.3 Å². The van der Waals surface area contributed by atoms with Gasteiger partial charge in [0.1, 0.15) is 11.3 Å². The Morgan fingerprint density at radius 2 is 1.97 bits per heavy atom. The van der Waals surface area contributed by atoms with Crippen molar-refractivity contribution < 1.29 is 8.78 Å². The summed E-state index contributed by atoms with van der Waals surface area (Å²) in [5.41, 5.74) is 9.31. The molecule has 1 aliphatic carbocycles. The molecule has 10 heteroatoms. The van der Waals surface area contributed by atoms with Crippen LogP contribution in [0, 0.1) is 6.92 Å². The van der Waals surface area contributed by atoms with Gasteiger partial charge in [-0.15, -0.1) is 5.10 Å². The van der Waals surface area contributed by atoms with E-state index in [1.54, 1.807) is 23.7 Å². The van der Waals surface area contributed by atoms with Gasteiger partial charge in [0.25, 0.3) is 6.43 Å². The fourth-order valence-corrected chi connectivity index (χ4v) is 4.25. The van der Waals surface area contributed by atoms with E-state index in [2.05, 4.69) is 25.4 Å². The smallest absolute Gasteiger partial charge is 0.256 e. The number of nitrogens with one attached hydrogen (secondary N) is 1. The molecule has 8 nitrogen and oxygen atoms in total. The minimum absolute atomic E-state index is 0.291. The maximum atomic E-state index is 13.0. The van der Waals surface area contributed by atoms with Crippen molar-refractivity contribution in [3.8, 4) is 11.3 Å². The van der Waals surface area contributed by atoms with Crippen LogP contribution in [0.3, 0.4) is 0 Å². The summed E-state index contributed by atoms with van der Waals surface area (Å²) in [4.78, 5) is 13.5. The Balaban J connectivity index is 1.45. The number of rotatable bonds is 5. The van der Waals surface area contributed by atoms with E-state index in [1.165, 1.54) is 4.57 Å². The molecule has 4 aromatic heterocycles. The van der Waals surface area contributed by atoms with E-state index < -0.39 is 13.0 Å². The lowest BCUT2D eigenvalue weighted by Gasteiger charge is -2.26. The number of hydrogen-bond donors (Lipinski definition) is 2. The number of halogens is 2. The molecule has 1 aliphatic rings. The second-order valence-electron chi connectivity index (χ2n) is 8.10. The molecule has 1 saturated carbocycles. The van der Waals surface area contributed by atoms with Gasteiger partial charge in [0.2, 0.25) is 5.95 Å². The van der Waals surface area contributed by atoms with Gasteiger partial charge in [-0.05, 0) is 50.8 Å². The fraction of sp³-hybridized carbons (Fsp3) is 0.429. The van der Waals surface area contributed by atoms with Gasteiger partial charge in [0.05, 0.1) is 24.0 Å². The SMILES string of the molecule is Cc1nc2ccc(-c3ccn4nc(NC5CCC(N)CC5)ncc34)nc2n1CC(F)F. The van der Waals surface area contributed by atoms with Crippen molar-refractivity contribution in [2.75, 3.05) is 5.32 Å². The zero-order valence-electron chi connectivity index (χ0n) is 17.2. The summed E-state index contributed by atoms with van der Waals surface area (Å²) in [6.45, 7) is 1.28. The number of fused-ring (bicyclic) bond motifs is 2. The molecule has 0 aliphatic heterocycles. The van der Waals surface area contributed by atoms with Gasteiger partial charge in [-0.2, -0.15) is 0 Å². The first-order valence-corrected chi connectivity index (χ1v) is 10.5. The highest BCUT2D eigenvalue weighted by atomic mass is 19.3. The quantitative estimate of drug-likeness (QED) is 0.508. The van der Waals surface area contributed by atoms with Crippen LogP contribution >= 0.6 is 0 Å². The predicted molar refractivity (Wildman–Crippen MR) is 114 cm³/mol. The van der Waals surface area contributed by atoms with Crippen LogP contribution in [0.2, 0.25) is 0 Å². The summed E-state index contributed by atoms with van der Waals surface area (Å²) in [5, 5.41) is 7.97. The predicted octanol–water partition coefficient (Wildman–Crippen LogP) is 3.40. The molecule has 0 amide bonds. The molecule has 0 aromatic carbocycles.